The fourth-order valence-corrected chi connectivity index (χ4v) is 3.02. The van der Waals surface area contributed by atoms with Crippen LogP contribution in [0.2, 0.25) is 6.04 Å². The fraction of sp³-hybridized carbons (Fsp3) is 0.235. The van der Waals surface area contributed by atoms with Gasteiger partial charge in [-0.05, 0) is 35.2 Å². The van der Waals surface area contributed by atoms with Crippen LogP contribution in [0.1, 0.15) is 25.0 Å². The van der Waals surface area contributed by atoms with Crippen LogP contribution in [0.4, 0.5) is 0 Å². The van der Waals surface area contributed by atoms with Crippen molar-refractivity contribution in [1.29, 1.82) is 5.26 Å². The molecular weight excluding hydrogens is 246 g/mol. The van der Waals surface area contributed by atoms with E-state index in [1.807, 2.05) is 12.1 Å². The Bertz CT molecular complexity index is 594. The van der Waals surface area contributed by atoms with E-state index in [9.17, 15) is 0 Å². The molecule has 94 valence electrons. The summed E-state index contributed by atoms with van der Waals surface area (Å²) in [5.41, 5.74) is 4.47. The van der Waals surface area contributed by atoms with Crippen molar-refractivity contribution >= 4 is 14.7 Å². The molecule has 0 heterocycles. The topological polar surface area (TPSA) is 23.8 Å². The van der Waals surface area contributed by atoms with Crippen LogP contribution in [-0.2, 0) is 6.42 Å². The fourth-order valence-electron chi connectivity index (χ4n) is 2.21. The molecule has 0 saturated carbocycles. The zero-order valence-electron chi connectivity index (χ0n) is 11.4. The first-order valence-corrected chi connectivity index (χ1v) is 7.86. The number of nitrogens with zero attached hydrogens (tertiary/aromatic N) is 1. The molecule has 2 rings (SSSR count). The molecule has 0 atom stereocenters. The summed E-state index contributed by atoms with van der Waals surface area (Å²) in [6, 6.07) is 18.2. The molecule has 2 aromatic rings. The van der Waals surface area contributed by atoms with Gasteiger partial charge in [-0.25, -0.2) is 0 Å². The molecule has 0 aliphatic carbocycles. The minimum atomic E-state index is 0.740. The smallest absolute Gasteiger partial charge is 0.0991 e. The maximum absolute atomic E-state index is 8.97. The van der Waals surface area contributed by atoms with Crippen molar-refractivity contribution in [2.24, 2.45) is 0 Å². The molecule has 2 radical (unpaired) electrons. The van der Waals surface area contributed by atoms with Crippen LogP contribution in [0.3, 0.4) is 0 Å². The Labute approximate surface area is 117 Å². The van der Waals surface area contributed by atoms with Gasteiger partial charge in [-0.1, -0.05) is 55.4 Å². The van der Waals surface area contributed by atoms with Crippen molar-refractivity contribution in [1.82, 2.24) is 0 Å². The Hall–Kier alpha value is -1.85. The zero-order valence-corrected chi connectivity index (χ0v) is 12.4. The van der Waals surface area contributed by atoms with Gasteiger partial charge in [0.25, 0.3) is 0 Å². The van der Waals surface area contributed by atoms with Crippen LogP contribution in [0.25, 0.3) is 11.1 Å². The number of hydrogen-bond donors (Lipinski definition) is 0. The average Bonchev–Trinajstić information content (AvgIpc) is 2.48. The second kappa shape index (κ2) is 6.35. The first-order chi connectivity index (χ1) is 9.28. The van der Waals surface area contributed by atoms with Crippen LogP contribution < -0.4 is 5.19 Å². The Morgan fingerprint density at radius 2 is 1.79 bits per heavy atom. The number of rotatable bonds is 4. The van der Waals surface area contributed by atoms with Gasteiger partial charge in [0.15, 0.2) is 0 Å². The van der Waals surface area contributed by atoms with E-state index in [0.717, 1.165) is 21.5 Å². The predicted octanol–water partition coefficient (Wildman–Crippen LogP) is 3.56. The molecule has 0 unspecified atom stereocenters. The van der Waals surface area contributed by atoms with E-state index in [2.05, 4.69) is 50.2 Å². The van der Waals surface area contributed by atoms with Gasteiger partial charge in [-0.2, -0.15) is 5.26 Å². The van der Waals surface area contributed by atoms with Crippen molar-refractivity contribution in [3.63, 3.8) is 0 Å². The quantitative estimate of drug-likeness (QED) is 0.774. The van der Waals surface area contributed by atoms with Crippen LogP contribution in [0, 0.1) is 11.3 Å². The van der Waals surface area contributed by atoms with Gasteiger partial charge in [-0.3, -0.25) is 0 Å². The van der Waals surface area contributed by atoms with Crippen molar-refractivity contribution in [2.45, 2.75) is 26.3 Å². The van der Waals surface area contributed by atoms with Gasteiger partial charge in [0.1, 0.15) is 0 Å². The molecule has 2 heteroatoms. The highest BCUT2D eigenvalue weighted by Gasteiger charge is 2.05. The van der Waals surface area contributed by atoms with Gasteiger partial charge < -0.3 is 0 Å². The minimum Gasteiger partial charge on any atom is -0.192 e. The van der Waals surface area contributed by atoms with Crippen LogP contribution in [0.15, 0.2) is 42.5 Å². The summed E-state index contributed by atoms with van der Waals surface area (Å²) in [6.45, 7) is 4.34. The first-order valence-electron chi connectivity index (χ1n) is 6.65. The van der Waals surface area contributed by atoms with E-state index < -0.39 is 0 Å². The second-order valence-electron chi connectivity index (χ2n) is 4.44. The molecule has 0 aromatic heterocycles. The molecule has 0 fully saturated rings. The summed E-state index contributed by atoms with van der Waals surface area (Å²) in [6.07, 6.45) is 0.948. The summed E-state index contributed by atoms with van der Waals surface area (Å²) < 4.78 is 0. The highest BCUT2D eigenvalue weighted by molar-refractivity contribution is 6.53. The molecule has 0 N–H and O–H groups in total. The largest absolute Gasteiger partial charge is 0.192 e. The molecule has 1 nitrogen and oxygen atoms in total. The molecule has 0 aliphatic heterocycles. The molecule has 0 bridgehead atoms. The third-order valence-corrected chi connectivity index (χ3v) is 4.29. The second-order valence-corrected chi connectivity index (χ2v) is 6.08. The van der Waals surface area contributed by atoms with E-state index in [-0.39, 0.29) is 0 Å². The molecule has 0 aliphatic rings. The number of hydrogen-bond acceptors (Lipinski definition) is 1. The van der Waals surface area contributed by atoms with Gasteiger partial charge in [-0.15, -0.1) is 0 Å². The molecule has 19 heavy (non-hydrogen) atoms. The van der Waals surface area contributed by atoms with E-state index in [1.54, 1.807) is 0 Å². The highest BCUT2D eigenvalue weighted by atomic mass is 28.2. The van der Waals surface area contributed by atoms with Crippen LogP contribution in [0.5, 0.6) is 0 Å². The summed E-state index contributed by atoms with van der Waals surface area (Å²) >= 11 is 0. The normalized spacial score (nSPS) is 10.2. The highest BCUT2D eigenvalue weighted by Crippen LogP contribution is 2.24. The van der Waals surface area contributed by atoms with Crippen molar-refractivity contribution in [2.75, 3.05) is 0 Å². The van der Waals surface area contributed by atoms with Crippen molar-refractivity contribution in [3.05, 3.63) is 53.6 Å². The number of benzene rings is 2. The third kappa shape index (κ3) is 3.13. The predicted molar refractivity (Wildman–Crippen MR) is 81.8 cm³/mol. The van der Waals surface area contributed by atoms with E-state index in [0.29, 0.717) is 0 Å². The molecule has 0 spiro atoms. The lowest BCUT2D eigenvalue weighted by Gasteiger charge is -2.09. The molecular formula is C17H17NSi. The van der Waals surface area contributed by atoms with Gasteiger partial charge in [0.2, 0.25) is 0 Å². The summed E-state index contributed by atoms with van der Waals surface area (Å²) in [7, 11) is 0.894. The Kier molecular flexibility index (Phi) is 4.54. The monoisotopic (exact) mass is 263 g/mol. The first kappa shape index (κ1) is 13.6. The molecule has 0 saturated heterocycles. The third-order valence-electron chi connectivity index (χ3n) is 3.19. The van der Waals surface area contributed by atoms with Gasteiger partial charge in [0.05, 0.1) is 21.2 Å². The number of aryl methyl sites for hydroxylation is 1. The SMILES string of the molecule is CC[Si]c1ccc(-c2ccc(C#N)cc2CC)cc1. The van der Waals surface area contributed by atoms with E-state index in [4.69, 9.17) is 5.26 Å². The standard InChI is InChI=1S/C17H17NSi/c1-3-14-11-13(12-18)5-10-17(14)15-6-8-16(9-7-15)19-4-2/h5-11H,3-4H2,1-2H3. The van der Waals surface area contributed by atoms with Gasteiger partial charge >= 0.3 is 0 Å². The lowest BCUT2D eigenvalue weighted by Crippen LogP contribution is -2.11. The maximum Gasteiger partial charge on any atom is 0.0991 e. The Balaban J connectivity index is 2.38. The van der Waals surface area contributed by atoms with E-state index >= 15 is 0 Å². The van der Waals surface area contributed by atoms with Crippen LogP contribution in [-0.4, -0.2) is 9.52 Å². The summed E-state index contributed by atoms with van der Waals surface area (Å²) in [5.74, 6) is 0. The zero-order chi connectivity index (χ0) is 13.7. The maximum atomic E-state index is 8.97. The molecule has 0 amide bonds. The average molecular weight is 263 g/mol. The van der Waals surface area contributed by atoms with Crippen LogP contribution >= 0.6 is 0 Å². The minimum absolute atomic E-state index is 0.740. The summed E-state index contributed by atoms with van der Waals surface area (Å²) in [4.78, 5) is 0. The van der Waals surface area contributed by atoms with Crippen molar-refractivity contribution in [3.8, 4) is 17.2 Å². The lowest BCUT2D eigenvalue weighted by molar-refractivity contribution is 1.14. The van der Waals surface area contributed by atoms with Gasteiger partial charge in [0, 0.05) is 0 Å². The van der Waals surface area contributed by atoms with E-state index in [1.165, 1.54) is 27.9 Å². The Morgan fingerprint density at radius 3 is 2.37 bits per heavy atom. The lowest BCUT2D eigenvalue weighted by atomic mass is 9.96. The number of nitriles is 1. The Morgan fingerprint density at radius 1 is 1.05 bits per heavy atom. The molecule has 2 aromatic carbocycles. The summed E-state index contributed by atoms with van der Waals surface area (Å²) in [5, 5.41) is 10.4. The van der Waals surface area contributed by atoms with Crippen molar-refractivity contribution < 1.29 is 0 Å².